The third-order valence-electron chi connectivity index (χ3n) is 5.14. The van der Waals surface area contributed by atoms with Gasteiger partial charge >= 0.3 is 0 Å². The van der Waals surface area contributed by atoms with Crippen molar-refractivity contribution >= 4 is 23.0 Å². The summed E-state index contributed by atoms with van der Waals surface area (Å²) >= 11 is 0. The van der Waals surface area contributed by atoms with E-state index in [1.807, 2.05) is 44.2 Å². The lowest BCUT2D eigenvalue weighted by atomic mass is 10.1. The van der Waals surface area contributed by atoms with E-state index in [-0.39, 0.29) is 35.4 Å². The van der Waals surface area contributed by atoms with Gasteiger partial charge in [0.1, 0.15) is 5.69 Å². The van der Waals surface area contributed by atoms with Crippen LogP contribution in [0.15, 0.2) is 48.5 Å². The number of anilines is 2. The van der Waals surface area contributed by atoms with Crippen LogP contribution in [-0.2, 0) is 4.74 Å². The third kappa shape index (κ3) is 5.55. The maximum absolute atomic E-state index is 12.6. The normalized spacial score (nSPS) is 20.4. The number of carbonyl (C=O) groups excluding carboxylic acids is 1. The molecule has 2 aromatic carbocycles. The number of benzene rings is 2. The molecule has 3 rings (SSSR count). The van der Waals surface area contributed by atoms with Crippen molar-refractivity contribution in [3.05, 3.63) is 64.2 Å². The van der Waals surface area contributed by atoms with Crippen LogP contribution >= 0.6 is 0 Å². The molecule has 0 bridgehead atoms. The van der Waals surface area contributed by atoms with Crippen LogP contribution in [0, 0.1) is 10.1 Å². The van der Waals surface area contributed by atoms with E-state index in [4.69, 9.17) is 4.74 Å². The smallest absolute Gasteiger partial charge is 0.293 e. The van der Waals surface area contributed by atoms with Gasteiger partial charge in [-0.05, 0) is 45.0 Å². The van der Waals surface area contributed by atoms with Gasteiger partial charge in [0.2, 0.25) is 0 Å². The minimum absolute atomic E-state index is 0.136. The second-order valence-corrected chi connectivity index (χ2v) is 7.75. The number of morpholine rings is 1. The molecule has 1 saturated heterocycles. The van der Waals surface area contributed by atoms with E-state index in [2.05, 4.69) is 22.5 Å². The fourth-order valence-corrected chi connectivity index (χ4v) is 3.66. The molecule has 0 aliphatic carbocycles. The molecule has 0 radical (unpaired) electrons. The van der Waals surface area contributed by atoms with Gasteiger partial charge < -0.3 is 15.4 Å². The Balaban J connectivity index is 1.65. The van der Waals surface area contributed by atoms with Crippen molar-refractivity contribution in [2.75, 3.05) is 25.0 Å². The molecule has 8 heteroatoms. The summed E-state index contributed by atoms with van der Waals surface area (Å²) in [6, 6.07) is 13.8. The van der Waals surface area contributed by atoms with E-state index in [9.17, 15) is 14.9 Å². The van der Waals surface area contributed by atoms with Crippen molar-refractivity contribution in [3.63, 3.8) is 0 Å². The second-order valence-electron chi connectivity index (χ2n) is 7.75. The first kappa shape index (κ1) is 21.7. The molecular formula is C22H28N4O4. The van der Waals surface area contributed by atoms with E-state index in [0.717, 1.165) is 18.8 Å². The van der Waals surface area contributed by atoms with Gasteiger partial charge in [-0.3, -0.25) is 19.8 Å². The van der Waals surface area contributed by atoms with Crippen molar-refractivity contribution < 1.29 is 14.5 Å². The Labute approximate surface area is 176 Å². The van der Waals surface area contributed by atoms with Crippen LogP contribution in [-0.4, -0.2) is 53.6 Å². The zero-order valence-electron chi connectivity index (χ0n) is 17.5. The molecule has 2 N–H and O–H groups in total. The summed E-state index contributed by atoms with van der Waals surface area (Å²) in [7, 11) is 0. The van der Waals surface area contributed by atoms with E-state index < -0.39 is 4.92 Å². The zero-order chi connectivity index (χ0) is 21.7. The minimum atomic E-state index is -0.485. The summed E-state index contributed by atoms with van der Waals surface area (Å²) in [5.41, 5.74) is 1.19. The Kier molecular flexibility index (Phi) is 7.02. The van der Waals surface area contributed by atoms with Gasteiger partial charge in [0.15, 0.2) is 0 Å². The van der Waals surface area contributed by atoms with Gasteiger partial charge in [0, 0.05) is 43.0 Å². The highest BCUT2D eigenvalue weighted by molar-refractivity contribution is 5.96. The number of nitrogens with one attached hydrogen (secondary N) is 2. The monoisotopic (exact) mass is 412 g/mol. The molecule has 1 amide bonds. The Morgan fingerprint density at radius 1 is 1.20 bits per heavy atom. The minimum Gasteiger partial charge on any atom is -0.373 e. The summed E-state index contributed by atoms with van der Waals surface area (Å²) < 4.78 is 5.75. The molecule has 1 heterocycles. The van der Waals surface area contributed by atoms with Crippen LogP contribution in [0.4, 0.5) is 17.1 Å². The number of carbonyl (C=O) groups is 1. The number of nitro benzene ring substituents is 1. The molecule has 30 heavy (non-hydrogen) atoms. The number of hydrogen-bond acceptors (Lipinski definition) is 6. The first-order chi connectivity index (χ1) is 14.3. The fourth-order valence-electron chi connectivity index (χ4n) is 3.66. The van der Waals surface area contributed by atoms with E-state index in [0.29, 0.717) is 12.2 Å². The molecule has 2 aromatic rings. The molecule has 1 aliphatic rings. The Morgan fingerprint density at radius 3 is 2.50 bits per heavy atom. The number of amides is 1. The number of nitro groups is 1. The van der Waals surface area contributed by atoms with Crippen LogP contribution < -0.4 is 10.6 Å². The van der Waals surface area contributed by atoms with Crippen LogP contribution in [0.2, 0.25) is 0 Å². The quantitative estimate of drug-likeness (QED) is 0.533. The summed E-state index contributed by atoms with van der Waals surface area (Å²) in [6.45, 7) is 8.21. The van der Waals surface area contributed by atoms with Crippen molar-refractivity contribution in [2.24, 2.45) is 0 Å². The molecule has 0 spiro atoms. The maximum atomic E-state index is 12.6. The van der Waals surface area contributed by atoms with Crippen molar-refractivity contribution in [2.45, 2.75) is 39.0 Å². The van der Waals surface area contributed by atoms with Crippen molar-refractivity contribution in [1.29, 1.82) is 0 Å². The first-order valence-electron chi connectivity index (χ1n) is 10.1. The molecule has 0 aromatic heterocycles. The highest BCUT2D eigenvalue weighted by Crippen LogP contribution is 2.28. The second kappa shape index (κ2) is 9.69. The number of nitrogens with zero attached hydrogens (tertiary/aromatic N) is 2. The topological polar surface area (TPSA) is 96.7 Å². The molecule has 1 fully saturated rings. The standard InChI is InChI=1S/C22H28N4O4/c1-15(25-13-16(2)30-17(3)14-25)12-23-22(27)18-9-10-20(21(11-18)26(28)29)24-19-7-5-4-6-8-19/h4-11,15-17,24H,12-14H2,1-3H3,(H,23,27)/t15-,16-,17+/m1/s1. The average Bonchev–Trinajstić information content (AvgIpc) is 2.72. The maximum Gasteiger partial charge on any atom is 0.293 e. The van der Waals surface area contributed by atoms with Gasteiger partial charge in [-0.25, -0.2) is 0 Å². The van der Waals surface area contributed by atoms with E-state index in [1.54, 1.807) is 12.1 Å². The summed E-state index contributed by atoms with van der Waals surface area (Å²) in [6.07, 6.45) is 0.304. The van der Waals surface area contributed by atoms with Gasteiger partial charge in [0.05, 0.1) is 17.1 Å². The molecular weight excluding hydrogens is 384 g/mol. The molecule has 0 saturated carbocycles. The van der Waals surface area contributed by atoms with E-state index >= 15 is 0 Å². The predicted molar refractivity (Wildman–Crippen MR) is 116 cm³/mol. The zero-order valence-corrected chi connectivity index (χ0v) is 17.5. The highest BCUT2D eigenvalue weighted by atomic mass is 16.6. The molecule has 0 unspecified atom stereocenters. The van der Waals surface area contributed by atoms with Crippen LogP contribution in [0.1, 0.15) is 31.1 Å². The summed E-state index contributed by atoms with van der Waals surface area (Å²) in [4.78, 5) is 25.9. The number of rotatable bonds is 7. The third-order valence-corrected chi connectivity index (χ3v) is 5.14. The summed E-state index contributed by atoms with van der Waals surface area (Å²) in [5, 5.41) is 17.5. The van der Waals surface area contributed by atoms with Crippen molar-refractivity contribution in [1.82, 2.24) is 10.2 Å². The Bertz CT molecular complexity index is 880. The lowest BCUT2D eigenvalue weighted by molar-refractivity contribution is -0.383. The van der Waals surface area contributed by atoms with Crippen molar-refractivity contribution in [3.8, 4) is 0 Å². The SMILES string of the molecule is C[C@@H]1CN([C@H](C)CNC(=O)c2ccc(Nc3ccccc3)c([N+](=O)[O-])c2)C[C@H](C)O1. The lowest BCUT2D eigenvalue weighted by Gasteiger charge is -2.39. The predicted octanol–water partition coefficient (Wildman–Crippen LogP) is 3.57. The van der Waals surface area contributed by atoms with Gasteiger partial charge in [-0.15, -0.1) is 0 Å². The van der Waals surface area contributed by atoms with Crippen LogP contribution in [0.5, 0.6) is 0 Å². The lowest BCUT2D eigenvalue weighted by Crippen LogP contribution is -2.52. The molecule has 3 atom stereocenters. The number of ether oxygens (including phenoxy) is 1. The Morgan fingerprint density at radius 2 is 1.87 bits per heavy atom. The number of para-hydroxylation sites is 1. The Hall–Kier alpha value is -2.97. The largest absolute Gasteiger partial charge is 0.373 e. The van der Waals surface area contributed by atoms with Crippen LogP contribution in [0.25, 0.3) is 0 Å². The molecule has 1 aliphatic heterocycles. The number of hydrogen-bond donors (Lipinski definition) is 2. The fraction of sp³-hybridized carbons (Fsp3) is 0.409. The average molecular weight is 412 g/mol. The van der Waals surface area contributed by atoms with Gasteiger partial charge in [0.25, 0.3) is 11.6 Å². The van der Waals surface area contributed by atoms with E-state index in [1.165, 1.54) is 6.07 Å². The molecule has 160 valence electrons. The van der Waals surface area contributed by atoms with Gasteiger partial charge in [-0.1, -0.05) is 18.2 Å². The molecule has 8 nitrogen and oxygen atoms in total. The van der Waals surface area contributed by atoms with Gasteiger partial charge in [-0.2, -0.15) is 0 Å². The highest BCUT2D eigenvalue weighted by Gasteiger charge is 2.26. The van der Waals surface area contributed by atoms with Crippen LogP contribution in [0.3, 0.4) is 0 Å². The first-order valence-corrected chi connectivity index (χ1v) is 10.1. The summed E-state index contributed by atoms with van der Waals surface area (Å²) in [5.74, 6) is -0.328.